The van der Waals surface area contributed by atoms with Crippen LogP contribution in [0.15, 0.2) is 24.3 Å². The van der Waals surface area contributed by atoms with Gasteiger partial charge in [-0.15, -0.1) is 0 Å². The first-order valence-electron chi connectivity index (χ1n) is 5.68. The minimum absolute atomic E-state index is 0.103. The number of halogens is 1. The van der Waals surface area contributed by atoms with Gasteiger partial charge in [0.15, 0.2) is 0 Å². The number of benzene rings is 1. The van der Waals surface area contributed by atoms with Gasteiger partial charge in [-0.2, -0.15) is 0 Å². The van der Waals surface area contributed by atoms with E-state index in [1.807, 2.05) is 0 Å². The first kappa shape index (κ1) is 15.2. The van der Waals surface area contributed by atoms with Crippen LogP contribution in [-0.4, -0.2) is 53.8 Å². The lowest BCUT2D eigenvalue weighted by molar-refractivity contribution is 0.0795. The number of aliphatic hydroxyl groups is 3. The second-order valence-electron chi connectivity index (χ2n) is 3.89. The van der Waals surface area contributed by atoms with Crippen molar-refractivity contribution in [2.24, 2.45) is 0 Å². The van der Waals surface area contributed by atoms with Crippen LogP contribution in [0.3, 0.4) is 0 Å². The topological polar surface area (TPSA) is 82.0 Å². The molecule has 2 atom stereocenters. The van der Waals surface area contributed by atoms with E-state index in [4.69, 9.17) is 26.6 Å². The maximum atomic E-state index is 9.61. The van der Waals surface area contributed by atoms with Crippen LogP contribution in [0.1, 0.15) is 0 Å². The predicted octanol–water partition coefficient (Wildman–Crippen LogP) is 0.0225. The molecule has 0 heterocycles. The Bertz CT molecular complexity index is 351. The Morgan fingerprint density at radius 1 is 1.17 bits per heavy atom. The molecule has 0 radical (unpaired) electrons. The summed E-state index contributed by atoms with van der Waals surface area (Å²) in [6, 6.07) is 7.02. The highest BCUT2D eigenvalue weighted by molar-refractivity contribution is 6.32. The molecule has 6 heteroatoms. The Balaban J connectivity index is 2.21. The maximum Gasteiger partial charge on any atom is 0.138 e. The second kappa shape index (κ2) is 8.29. The summed E-state index contributed by atoms with van der Waals surface area (Å²) in [5.74, 6) is 0.522. The van der Waals surface area contributed by atoms with E-state index in [0.717, 1.165) is 0 Å². The summed E-state index contributed by atoms with van der Waals surface area (Å²) in [6.07, 6.45) is -1.53. The molecule has 0 saturated heterocycles. The zero-order chi connectivity index (χ0) is 13.4. The van der Waals surface area contributed by atoms with Gasteiger partial charge in [0, 0.05) is 13.1 Å². The summed E-state index contributed by atoms with van der Waals surface area (Å²) in [7, 11) is 0. The van der Waals surface area contributed by atoms with Gasteiger partial charge in [-0.05, 0) is 12.1 Å². The zero-order valence-corrected chi connectivity index (χ0v) is 10.7. The van der Waals surface area contributed by atoms with Gasteiger partial charge in [-0.1, -0.05) is 23.7 Å². The van der Waals surface area contributed by atoms with Gasteiger partial charge in [-0.25, -0.2) is 0 Å². The van der Waals surface area contributed by atoms with E-state index in [-0.39, 0.29) is 26.3 Å². The number of para-hydroxylation sites is 1. The van der Waals surface area contributed by atoms with Crippen LogP contribution in [-0.2, 0) is 0 Å². The number of ether oxygens (including phenoxy) is 1. The molecule has 0 saturated carbocycles. The summed E-state index contributed by atoms with van der Waals surface area (Å²) in [5, 5.41) is 30.6. The molecule has 0 aliphatic carbocycles. The van der Waals surface area contributed by atoms with Crippen molar-refractivity contribution in [1.29, 1.82) is 0 Å². The predicted molar refractivity (Wildman–Crippen MR) is 68.9 cm³/mol. The highest BCUT2D eigenvalue weighted by Gasteiger charge is 2.08. The van der Waals surface area contributed by atoms with Crippen LogP contribution < -0.4 is 10.1 Å². The van der Waals surface area contributed by atoms with Gasteiger partial charge in [0.1, 0.15) is 18.5 Å². The van der Waals surface area contributed by atoms with E-state index in [1.54, 1.807) is 24.3 Å². The van der Waals surface area contributed by atoms with E-state index in [1.165, 1.54) is 0 Å². The Morgan fingerprint density at radius 3 is 2.50 bits per heavy atom. The number of hydrogen-bond acceptors (Lipinski definition) is 5. The Kier molecular flexibility index (Phi) is 7.00. The van der Waals surface area contributed by atoms with Crippen molar-refractivity contribution in [2.45, 2.75) is 12.2 Å². The van der Waals surface area contributed by atoms with E-state index in [2.05, 4.69) is 5.32 Å². The fourth-order valence-electron chi connectivity index (χ4n) is 1.29. The fourth-order valence-corrected chi connectivity index (χ4v) is 1.48. The van der Waals surface area contributed by atoms with Crippen molar-refractivity contribution < 1.29 is 20.1 Å². The summed E-state index contributed by atoms with van der Waals surface area (Å²) in [5.41, 5.74) is 0. The van der Waals surface area contributed by atoms with Crippen LogP contribution in [0.4, 0.5) is 0 Å². The lowest BCUT2D eigenvalue weighted by Crippen LogP contribution is -2.37. The standard InChI is InChI=1S/C12H18ClNO4/c13-11-3-1-2-4-12(11)18-8-10(17)6-14-5-9(16)7-15/h1-4,9-10,14-17H,5-8H2. The van der Waals surface area contributed by atoms with Gasteiger partial charge in [0.2, 0.25) is 0 Å². The molecule has 0 bridgehead atoms. The minimum Gasteiger partial charge on any atom is -0.489 e. The highest BCUT2D eigenvalue weighted by atomic mass is 35.5. The molecule has 5 nitrogen and oxygen atoms in total. The molecular weight excluding hydrogens is 258 g/mol. The molecule has 1 aromatic carbocycles. The van der Waals surface area contributed by atoms with E-state index >= 15 is 0 Å². The fraction of sp³-hybridized carbons (Fsp3) is 0.500. The third-order valence-corrected chi connectivity index (χ3v) is 2.55. The molecule has 1 rings (SSSR count). The van der Waals surface area contributed by atoms with Gasteiger partial charge >= 0.3 is 0 Å². The van der Waals surface area contributed by atoms with Crippen molar-refractivity contribution in [1.82, 2.24) is 5.32 Å². The van der Waals surface area contributed by atoms with Crippen molar-refractivity contribution in [3.05, 3.63) is 29.3 Å². The molecule has 0 aromatic heterocycles. The number of hydrogen-bond donors (Lipinski definition) is 4. The Labute approximate surface area is 111 Å². The van der Waals surface area contributed by atoms with Gasteiger partial charge in [0.05, 0.1) is 17.7 Å². The van der Waals surface area contributed by atoms with Crippen LogP contribution >= 0.6 is 11.6 Å². The summed E-state index contributed by atoms with van der Waals surface area (Å²) < 4.78 is 5.35. The summed E-state index contributed by atoms with van der Waals surface area (Å²) >= 11 is 5.89. The SMILES string of the molecule is OCC(O)CNCC(O)COc1ccccc1Cl. The molecule has 4 N–H and O–H groups in total. The normalized spacial score (nSPS) is 14.2. The van der Waals surface area contributed by atoms with Crippen molar-refractivity contribution in [3.8, 4) is 5.75 Å². The first-order chi connectivity index (χ1) is 8.63. The molecule has 1 aromatic rings. The molecule has 0 amide bonds. The van der Waals surface area contributed by atoms with E-state index < -0.39 is 12.2 Å². The van der Waals surface area contributed by atoms with Crippen LogP contribution in [0.2, 0.25) is 5.02 Å². The average Bonchev–Trinajstić information content (AvgIpc) is 2.37. The van der Waals surface area contributed by atoms with E-state index in [0.29, 0.717) is 10.8 Å². The van der Waals surface area contributed by atoms with Crippen molar-refractivity contribution in [2.75, 3.05) is 26.3 Å². The molecule has 102 valence electrons. The lowest BCUT2D eigenvalue weighted by Gasteiger charge is -2.15. The Hall–Kier alpha value is -0.850. The largest absolute Gasteiger partial charge is 0.489 e. The first-order valence-corrected chi connectivity index (χ1v) is 6.06. The van der Waals surface area contributed by atoms with Crippen LogP contribution in [0, 0.1) is 0 Å². The molecule has 0 fully saturated rings. The number of nitrogens with one attached hydrogen (secondary N) is 1. The molecule has 18 heavy (non-hydrogen) atoms. The van der Waals surface area contributed by atoms with Crippen molar-refractivity contribution >= 4 is 11.6 Å². The monoisotopic (exact) mass is 275 g/mol. The quantitative estimate of drug-likeness (QED) is 0.538. The summed E-state index contributed by atoms with van der Waals surface area (Å²) in [6.45, 7) is 0.284. The van der Waals surface area contributed by atoms with E-state index in [9.17, 15) is 5.11 Å². The molecule has 0 spiro atoms. The average molecular weight is 276 g/mol. The van der Waals surface area contributed by atoms with Gasteiger partial charge < -0.3 is 25.4 Å². The Morgan fingerprint density at radius 2 is 1.83 bits per heavy atom. The van der Waals surface area contributed by atoms with Gasteiger partial charge in [-0.3, -0.25) is 0 Å². The molecular formula is C12H18ClNO4. The van der Waals surface area contributed by atoms with Crippen molar-refractivity contribution in [3.63, 3.8) is 0 Å². The maximum absolute atomic E-state index is 9.61. The molecule has 0 aliphatic heterocycles. The number of rotatable bonds is 8. The third-order valence-electron chi connectivity index (χ3n) is 2.24. The van der Waals surface area contributed by atoms with Crippen LogP contribution in [0.25, 0.3) is 0 Å². The zero-order valence-electron chi connectivity index (χ0n) is 9.92. The summed E-state index contributed by atoms with van der Waals surface area (Å²) in [4.78, 5) is 0. The lowest BCUT2D eigenvalue weighted by atomic mass is 10.3. The van der Waals surface area contributed by atoms with Gasteiger partial charge in [0.25, 0.3) is 0 Å². The highest BCUT2D eigenvalue weighted by Crippen LogP contribution is 2.22. The smallest absolute Gasteiger partial charge is 0.138 e. The second-order valence-corrected chi connectivity index (χ2v) is 4.30. The molecule has 0 aliphatic rings. The molecule has 2 unspecified atom stereocenters. The third kappa shape index (κ3) is 5.66. The van der Waals surface area contributed by atoms with Crippen LogP contribution in [0.5, 0.6) is 5.75 Å². The minimum atomic E-state index is -0.818. The number of aliphatic hydroxyl groups excluding tert-OH is 3.